The minimum Gasteiger partial charge on any atom is -0.440 e. The average Bonchev–Trinajstić information content (AvgIpc) is 3.22. The van der Waals surface area contributed by atoms with Crippen LogP contribution in [-0.4, -0.2) is 22.6 Å². The first kappa shape index (κ1) is 19.7. The number of fused-ring (bicyclic) bond motifs is 2. The number of hydrogen-bond acceptors (Lipinski definition) is 5. The van der Waals surface area contributed by atoms with Gasteiger partial charge in [-0.2, -0.15) is 5.26 Å². The van der Waals surface area contributed by atoms with E-state index in [2.05, 4.69) is 17.9 Å². The predicted octanol–water partition coefficient (Wildman–Crippen LogP) is 4.76. The Labute approximate surface area is 184 Å². The highest BCUT2D eigenvalue weighted by atomic mass is 35.5. The monoisotopic (exact) mass is 432 g/mol. The topological polar surface area (TPSA) is 75.1 Å². The van der Waals surface area contributed by atoms with Crippen LogP contribution in [0.3, 0.4) is 0 Å². The summed E-state index contributed by atoms with van der Waals surface area (Å²) in [5, 5.41) is 11.1. The van der Waals surface area contributed by atoms with Crippen LogP contribution < -0.4 is 10.5 Å². The van der Waals surface area contributed by atoms with E-state index in [0.29, 0.717) is 29.3 Å². The van der Waals surface area contributed by atoms with Gasteiger partial charge in [0.1, 0.15) is 17.1 Å². The Kier molecular flexibility index (Phi) is 4.53. The van der Waals surface area contributed by atoms with Crippen molar-refractivity contribution in [3.05, 3.63) is 69.3 Å². The fourth-order valence-corrected chi connectivity index (χ4v) is 4.85. The third-order valence-corrected chi connectivity index (χ3v) is 6.74. The molecule has 1 fully saturated rings. The van der Waals surface area contributed by atoms with E-state index in [1.807, 2.05) is 36.4 Å². The molecule has 1 aliphatic rings. The number of anilines is 1. The van der Waals surface area contributed by atoms with E-state index >= 15 is 0 Å². The highest BCUT2D eigenvalue weighted by Crippen LogP contribution is 2.40. The van der Waals surface area contributed by atoms with Crippen molar-refractivity contribution in [1.82, 2.24) is 9.55 Å². The van der Waals surface area contributed by atoms with Gasteiger partial charge in [-0.25, -0.2) is 4.98 Å². The van der Waals surface area contributed by atoms with E-state index in [0.717, 1.165) is 35.2 Å². The Hall–Kier alpha value is -3.30. The molecule has 1 saturated heterocycles. The van der Waals surface area contributed by atoms with Crippen molar-refractivity contribution in [1.29, 1.82) is 5.26 Å². The van der Waals surface area contributed by atoms with E-state index in [1.165, 1.54) is 4.57 Å². The molecule has 5 rings (SSSR count). The second-order valence-electron chi connectivity index (χ2n) is 8.37. The van der Waals surface area contributed by atoms with Gasteiger partial charge >= 0.3 is 0 Å². The molecule has 0 amide bonds. The number of nitriles is 1. The number of hydrogen-bond donors (Lipinski definition) is 0. The van der Waals surface area contributed by atoms with Crippen LogP contribution in [0.2, 0.25) is 5.02 Å². The predicted molar refractivity (Wildman–Crippen MR) is 122 cm³/mol. The molecule has 0 spiro atoms. The van der Waals surface area contributed by atoms with Crippen molar-refractivity contribution >= 4 is 39.3 Å². The smallest absolute Gasteiger partial charge is 0.270 e. The molecule has 0 N–H and O–H groups in total. The van der Waals surface area contributed by atoms with Gasteiger partial charge < -0.3 is 13.9 Å². The quantitative estimate of drug-likeness (QED) is 0.456. The molecule has 4 aromatic rings. The Morgan fingerprint density at radius 3 is 2.61 bits per heavy atom. The van der Waals surface area contributed by atoms with Crippen LogP contribution in [0.1, 0.15) is 31.2 Å². The molecule has 156 valence electrons. The molecule has 0 radical (unpaired) electrons. The van der Waals surface area contributed by atoms with Crippen molar-refractivity contribution in [2.24, 2.45) is 7.05 Å². The lowest BCUT2D eigenvalue weighted by Crippen LogP contribution is -2.42. The number of aryl methyl sites for hydroxylation is 1. The van der Waals surface area contributed by atoms with E-state index in [-0.39, 0.29) is 16.5 Å². The Bertz CT molecular complexity index is 1390. The molecule has 6 nitrogen and oxygen atoms in total. The zero-order chi connectivity index (χ0) is 21.8. The van der Waals surface area contributed by atoms with Crippen molar-refractivity contribution in [2.75, 3.05) is 18.0 Å². The van der Waals surface area contributed by atoms with Crippen molar-refractivity contribution in [3.63, 3.8) is 0 Å². The molecule has 0 aliphatic carbocycles. The van der Waals surface area contributed by atoms with Crippen LogP contribution in [0.15, 0.2) is 51.7 Å². The molecule has 7 heteroatoms. The van der Waals surface area contributed by atoms with Crippen molar-refractivity contribution in [2.45, 2.75) is 25.2 Å². The number of oxazole rings is 1. The van der Waals surface area contributed by atoms with Gasteiger partial charge in [-0.1, -0.05) is 42.8 Å². The standard InChI is InChI=1S/C24H21ClN4O2/c1-24(23-27-18-8-3-4-9-19(18)31-23)10-12-29(13-11-24)20-15-6-5-7-17(25)21(15)28(2)22(30)16(20)14-26/h3-9H,10-13H2,1-2H3. The minimum atomic E-state index is -0.328. The number of aromatic nitrogens is 2. The second-order valence-corrected chi connectivity index (χ2v) is 8.78. The summed E-state index contributed by atoms with van der Waals surface area (Å²) < 4.78 is 7.53. The van der Waals surface area contributed by atoms with E-state index in [1.54, 1.807) is 13.1 Å². The number of rotatable bonds is 2. The second kappa shape index (κ2) is 7.14. The summed E-state index contributed by atoms with van der Waals surface area (Å²) >= 11 is 6.42. The number of pyridine rings is 1. The first-order valence-corrected chi connectivity index (χ1v) is 10.6. The van der Waals surface area contributed by atoms with Crippen LogP contribution >= 0.6 is 11.6 Å². The molecule has 0 saturated carbocycles. The van der Waals surface area contributed by atoms with Gasteiger partial charge in [-0.3, -0.25) is 4.79 Å². The highest BCUT2D eigenvalue weighted by Gasteiger charge is 2.37. The number of nitrogens with zero attached hydrogens (tertiary/aromatic N) is 4. The number of halogens is 1. The van der Waals surface area contributed by atoms with E-state index < -0.39 is 0 Å². The Balaban J connectivity index is 1.55. The molecular formula is C24H21ClN4O2. The lowest BCUT2D eigenvalue weighted by atomic mass is 9.80. The van der Waals surface area contributed by atoms with E-state index in [4.69, 9.17) is 21.0 Å². The van der Waals surface area contributed by atoms with Crippen LogP contribution in [0.5, 0.6) is 0 Å². The van der Waals surface area contributed by atoms with Crippen LogP contribution in [0.4, 0.5) is 5.69 Å². The van der Waals surface area contributed by atoms with Crippen LogP contribution in [0, 0.1) is 11.3 Å². The van der Waals surface area contributed by atoms with E-state index in [9.17, 15) is 10.1 Å². The van der Waals surface area contributed by atoms with Crippen molar-refractivity contribution in [3.8, 4) is 6.07 Å². The summed E-state index contributed by atoms with van der Waals surface area (Å²) in [7, 11) is 1.65. The lowest BCUT2D eigenvalue weighted by Gasteiger charge is -2.39. The maximum Gasteiger partial charge on any atom is 0.270 e. The molecule has 1 aliphatic heterocycles. The third-order valence-electron chi connectivity index (χ3n) is 6.44. The van der Waals surface area contributed by atoms with Gasteiger partial charge in [-0.05, 0) is 31.0 Å². The lowest BCUT2D eigenvalue weighted by molar-refractivity contribution is 0.292. The van der Waals surface area contributed by atoms with Gasteiger partial charge in [0, 0.05) is 30.9 Å². The number of benzene rings is 2. The van der Waals surface area contributed by atoms with Gasteiger partial charge in [0.15, 0.2) is 5.58 Å². The minimum absolute atomic E-state index is 0.155. The number of piperidine rings is 1. The molecule has 2 aromatic carbocycles. The summed E-state index contributed by atoms with van der Waals surface area (Å²) in [5.41, 5.74) is 2.58. The van der Waals surface area contributed by atoms with Gasteiger partial charge in [0.2, 0.25) is 5.89 Å². The molecule has 31 heavy (non-hydrogen) atoms. The summed E-state index contributed by atoms with van der Waals surface area (Å²) in [6, 6.07) is 15.5. The summed E-state index contributed by atoms with van der Waals surface area (Å²) in [5.74, 6) is 0.741. The summed E-state index contributed by atoms with van der Waals surface area (Å²) in [6.45, 7) is 3.52. The average molecular weight is 433 g/mol. The molecular weight excluding hydrogens is 412 g/mol. The maximum absolute atomic E-state index is 12.9. The summed E-state index contributed by atoms with van der Waals surface area (Å²) in [4.78, 5) is 19.8. The Morgan fingerprint density at radius 1 is 1.16 bits per heavy atom. The maximum atomic E-state index is 12.9. The fourth-order valence-electron chi connectivity index (χ4n) is 4.55. The summed E-state index contributed by atoms with van der Waals surface area (Å²) in [6.07, 6.45) is 1.59. The molecule has 3 heterocycles. The molecule has 2 aromatic heterocycles. The first-order chi connectivity index (χ1) is 14.9. The fraction of sp³-hybridized carbons (Fsp3) is 0.292. The van der Waals surface area contributed by atoms with Crippen molar-refractivity contribution < 1.29 is 4.42 Å². The number of para-hydroxylation sites is 3. The Morgan fingerprint density at radius 2 is 1.90 bits per heavy atom. The normalized spacial score (nSPS) is 16.0. The third kappa shape index (κ3) is 3.00. The van der Waals surface area contributed by atoms with Gasteiger partial charge in [0.25, 0.3) is 5.56 Å². The van der Waals surface area contributed by atoms with Gasteiger partial charge in [0.05, 0.1) is 16.2 Å². The molecule has 0 atom stereocenters. The van der Waals surface area contributed by atoms with Crippen LogP contribution in [0.25, 0.3) is 22.0 Å². The largest absolute Gasteiger partial charge is 0.440 e. The van der Waals surface area contributed by atoms with Crippen LogP contribution in [-0.2, 0) is 12.5 Å². The highest BCUT2D eigenvalue weighted by molar-refractivity contribution is 6.35. The molecule has 0 bridgehead atoms. The zero-order valence-corrected chi connectivity index (χ0v) is 18.1. The zero-order valence-electron chi connectivity index (χ0n) is 17.4. The molecule has 0 unspecified atom stereocenters. The SMILES string of the molecule is Cn1c(=O)c(C#N)c(N2CCC(C)(c3nc4ccccc4o3)CC2)c2cccc(Cl)c21. The van der Waals surface area contributed by atoms with Gasteiger partial charge in [-0.15, -0.1) is 0 Å². The first-order valence-electron chi connectivity index (χ1n) is 10.3.